The van der Waals surface area contributed by atoms with Gasteiger partial charge >= 0.3 is 5.97 Å². The summed E-state index contributed by atoms with van der Waals surface area (Å²) in [6.45, 7) is 0. The summed E-state index contributed by atoms with van der Waals surface area (Å²) in [5, 5.41) is 11.7. The summed E-state index contributed by atoms with van der Waals surface area (Å²) in [5.74, 6) is -1.32. The fraction of sp³-hybridized carbons (Fsp3) is 0.417. The van der Waals surface area contributed by atoms with Gasteiger partial charge in [-0.3, -0.25) is 9.59 Å². The van der Waals surface area contributed by atoms with Crippen LogP contribution in [0.1, 0.15) is 29.6 Å². The fourth-order valence-corrected chi connectivity index (χ4v) is 2.35. The lowest BCUT2D eigenvalue weighted by molar-refractivity contribution is -0.141. The number of nitrogens with zero attached hydrogens (tertiary/aromatic N) is 1. The van der Waals surface area contributed by atoms with Crippen LogP contribution in [0.3, 0.4) is 0 Å². The van der Waals surface area contributed by atoms with Crippen molar-refractivity contribution in [1.29, 1.82) is 0 Å². The summed E-state index contributed by atoms with van der Waals surface area (Å²) >= 11 is 3.20. The van der Waals surface area contributed by atoms with Gasteiger partial charge in [0.25, 0.3) is 5.91 Å². The minimum Gasteiger partial charge on any atom is -0.481 e. The van der Waals surface area contributed by atoms with Crippen LogP contribution in [0.15, 0.2) is 22.9 Å². The Morgan fingerprint density at radius 2 is 2.17 bits per heavy atom. The molecule has 1 aliphatic carbocycles. The number of aliphatic carboxylic acids is 1. The summed E-state index contributed by atoms with van der Waals surface area (Å²) in [7, 11) is 0. The van der Waals surface area contributed by atoms with Crippen molar-refractivity contribution in [2.45, 2.75) is 25.3 Å². The first-order valence-electron chi connectivity index (χ1n) is 5.71. The lowest BCUT2D eigenvalue weighted by atomic mass is 10.1. The molecule has 6 heteroatoms. The molecule has 1 aromatic heterocycles. The van der Waals surface area contributed by atoms with Crippen LogP contribution in [0.25, 0.3) is 0 Å². The molecule has 1 heterocycles. The van der Waals surface area contributed by atoms with E-state index < -0.39 is 5.97 Å². The summed E-state index contributed by atoms with van der Waals surface area (Å²) in [6, 6.07) is 3.32. The number of hydrogen-bond acceptors (Lipinski definition) is 3. The van der Waals surface area contributed by atoms with Gasteiger partial charge in [0.2, 0.25) is 0 Å². The number of carbonyl (C=O) groups is 2. The van der Waals surface area contributed by atoms with Crippen LogP contribution < -0.4 is 5.32 Å². The Morgan fingerprint density at radius 1 is 1.39 bits per heavy atom. The van der Waals surface area contributed by atoms with Gasteiger partial charge in [-0.15, -0.1) is 0 Å². The maximum absolute atomic E-state index is 11.9. The van der Waals surface area contributed by atoms with Crippen LogP contribution >= 0.6 is 15.9 Å². The molecule has 18 heavy (non-hydrogen) atoms. The second kappa shape index (κ2) is 5.48. The van der Waals surface area contributed by atoms with Crippen molar-refractivity contribution in [2.75, 3.05) is 0 Å². The Balaban J connectivity index is 1.92. The third-order valence-corrected chi connectivity index (χ3v) is 3.58. The molecular weight excluding hydrogens is 300 g/mol. The third kappa shape index (κ3) is 3.07. The minimum atomic E-state index is -0.781. The molecule has 1 aromatic rings. The number of nitrogens with one attached hydrogen (secondary N) is 1. The Labute approximate surface area is 113 Å². The van der Waals surface area contributed by atoms with Crippen LogP contribution in [0.4, 0.5) is 0 Å². The van der Waals surface area contributed by atoms with Crippen molar-refractivity contribution in [3.63, 3.8) is 0 Å². The molecule has 1 fully saturated rings. The number of pyridine rings is 1. The van der Waals surface area contributed by atoms with Crippen LogP contribution in [-0.2, 0) is 4.79 Å². The van der Waals surface area contributed by atoms with Gasteiger partial charge in [0.1, 0.15) is 4.60 Å². The monoisotopic (exact) mass is 312 g/mol. The molecule has 2 atom stereocenters. The van der Waals surface area contributed by atoms with Gasteiger partial charge in [-0.1, -0.05) is 0 Å². The molecule has 2 N–H and O–H groups in total. The predicted molar refractivity (Wildman–Crippen MR) is 68.2 cm³/mol. The van der Waals surface area contributed by atoms with E-state index in [9.17, 15) is 9.59 Å². The SMILES string of the molecule is O=C(N[C@H]1CC[C@@H](C(=O)O)C1)c1ccc(Br)nc1. The number of halogens is 1. The smallest absolute Gasteiger partial charge is 0.306 e. The van der Waals surface area contributed by atoms with Crippen molar-refractivity contribution in [3.05, 3.63) is 28.5 Å². The van der Waals surface area contributed by atoms with E-state index in [1.165, 1.54) is 6.20 Å². The van der Waals surface area contributed by atoms with E-state index in [0.717, 1.165) is 0 Å². The molecule has 0 saturated heterocycles. The van der Waals surface area contributed by atoms with E-state index in [2.05, 4.69) is 26.2 Å². The van der Waals surface area contributed by atoms with Gasteiger partial charge in [0, 0.05) is 12.2 Å². The van der Waals surface area contributed by atoms with Crippen molar-refractivity contribution >= 4 is 27.8 Å². The summed E-state index contributed by atoms with van der Waals surface area (Å²) < 4.78 is 0.672. The molecule has 1 saturated carbocycles. The highest BCUT2D eigenvalue weighted by molar-refractivity contribution is 9.10. The number of rotatable bonds is 3. The van der Waals surface area contributed by atoms with E-state index in [-0.39, 0.29) is 17.9 Å². The Bertz CT molecular complexity index is 461. The second-order valence-corrected chi connectivity index (χ2v) is 5.20. The lowest BCUT2D eigenvalue weighted by Gasteiger charge is -2.12. The van der Waals surface area contributed by atoms with E-state index in [1.54, 1.807) is 12.1 Å². The van der Waals surface area contributed by atoms with Crippen molar-refractivity contribution < 1.29 is 14.7 Å². The molecule has 0 bridgehead atoms. The molecule has 96 valence electrons. The standard InChI is InChI=1S/C12H13BrN2O3/c13-10-4-2-8(6-14-10)11(16)15-9-3-1-7(5-9)12(17)18/h2,4,6-7,9H,1,3,5H2,(H,15,16)(H,17,18)/t7-,9+/m1/s1. The Kier molecular flexibility index (Phi) is 3.96. The van der Waals surface area contributed by atoms with Gasteiger partial charge in [-0.25, -0.2) is 4.98 Å². The molecule has 5 nitrogen and oxygen atoms in total. The zero-order valence-corrected chi connectivity index (χ0v) is 11.2. The van der Waals surface area contributed by atoms with Crippen LogP contribution in [0.5, 0.6) is 0 Å². The highest BCUT2D eigenvalue weighted by atomic mass is 79.9. The predicted octanol–water partition coefficient (Wildman–Crippen LogP) is 1.83. The summed E-state index contributed by atoms with van der Waals surface area (Å²) in [6.07, 6.45) is 3.33. The van der Waals surface area contributed by atoms with Gasteiger partial charge in [-0.2, -0.15) is 0 Å². The number of hydrogen-bond donors (Lipinski definition) is 2. The van der Waals surface area contributed by atoms with Crippen LogP contribution in [-0.4, -0.2) is 28.0 Å². The maximum atomic E-state index is 11.9. The molecule has 0 unspecified atom stereocenters. The summed E-state index contributed by atoms with van der Waals surface area (Å²) in [5.41, 5.74) is 0.483. The van der Waals surface area contributed by atoms with E-state index in [1.807, 2.05) is 0 Å². The zero-order valence-electron chi connectivity index (χ0n) is 9.60. The highest BCUT2D eigenvalue weighted by Crippen LogP contribution is 2.25. The largest absolute Gasteiger partial charge is 0.481 e. The highest BCUT2D eigenvalue weighted by Gasteiger charge is 2.30. The van der Waals surface area contributed by atoms with E-state index >= 15 is 0 Å². The zero-order chi connectivity index (χ0) is 13.1. The van der Waals surface area contributed by atoms with Gasteiger partial charge in [0.05, 0.1) is 11.5 Å². The number of amides is 1. The number of carboxylic acids is 1. The first-order valence-corrected chi connectivity index (χ1v) is 6.51. The van der Waals surface area contributed by atoms with Gasteiger partial charge in [-0.05, 0) is 47.3 Å². The Morgan fingerprint density at radius 3 is 2.72 bits per heavy atom. The minimum absolute atomic E-state index is 0.0535. The van der Waals surface area contributed by atoms with Crippen molar-refractivity contribution in [2.24, 2.45) is 5.92 Å². The summed E-state index contributed by atoms with van der Waals surface area (Å²) in [4.78, 5) is 26.7. The van der Waals surface area contributed by atoms with Crippen LogP contribution in [0, 0.1) is 5.92 Å². The number of aromatic nitrogens is 1. The maximum Gasteiger partial charge on any atom is 0.306 e. The van der Waals surface area contributed by atoms with Crippen molar-refractivity contribution in [3.8, 4) is 0 Å². The molecule has 0 radical (unpaired) electrons. The molecule has 0 aromatic carbocycles. The van der Waals surface area contributed by atoms with E-state index in [0.29, 0.717) is 29.4 Å². The first-order chi connectivity index (χ1) is 8.56. The van der Waals surface area contributed by atoms with Crippen LogP contribution in [0.2, 0.25) is 0 Å². The van der Waals surface area contributed by atoms with Gasteiger partial charge in [0.15, 0.2) is 0 Å². The normalized spacial score (nSPS) is 22.7. The lowest BCUT2D eigenvalue weighted by Crippen LogP contribution is -2.33. The molecule has 0 spiro atoms. The third-order valence-electron chi connectivity index (χ3n) is 3.11. The number of carbonyl (C=O) groups excluding carboxylic acids is 1. The molecule has 1 amide bonds. The Hall–Kier alpha value is -1.43. The first kappa shape index (κ1) is 13.0. The number of carboxylic acid groups (broad SMARTS) is 1. The molecular formula is C12H13BrN2O3. The fourth-order valence-electron chi connectivity index (χ4n) is 2.12. The molecule has 1 aliphatic rings. The average Bonchev–Trinajstić information content (AvgIpc) is 2.78. The van der Waals surface area contributed by atoms with Gasteiger partial charge < -0.3 is 10.4 Å². The second-order valence-electron chi connectivity index (χ2n) is 4.39. The molecule has 2 rings (SSSR count). The van der Waals surface area contributed by atoms with Crippen molar-refractivity contribution in [1.82, 2.24) is 10.3 Å². The van der Waals surface area contributed by atoms with E-state index in [4.69, 9.17) is 5.11 Å². The quantitative estimate of drug-likeness (QED) is 0.834. The molecule has 0 aliphatic heterocycles. The average molecular weight is 313 g/mol. The topological polar surface area (TPSA) is 79.3 Å².